The average molecular weight is 410 g/mol. The van der Waals surface area contributed by atoms with Crippen LogP contribution in [0, 0.1) is 5.92 Å². The van der Waals surface area contributed by atoms with Crippen molar-refractivity contribution in [1.82, 2.24) is 4.90 Å². The molecule has 2 fully saturated rings. The van der Waals surface area contributed by atoms with Crippen LogP contribution in [0.4, 0.5) is 5.69 Å². The van der Waals surface area contributed by atoms with Crippen LogP contribution in [0.25, 0.3) is 0 Å². The van der Waals surface area contributed by atoms with Gasteiger partial charge in [0.2, 0.25) is 5.91 Å². The van der Waals surface area contributed by atoms with Crippen LogP contribution >= 0.6 is 0 Å². The summed E-state index contributed by atoms with van der Waals surface area (Å²) in [6, 6.07) is 15.7. The Morgan fingerprint density at radius 2 is 1.90 bits per heavy atom. The molecular weight excluding hydrogens is 384 g/mol. The number of aliphatic hydroxyl groups excluding tert-OH is 1. The molecule has 0 radical (unpaired) electrons. The predicted octanol–water partition coefficient (Wildman–Crippen LogP) is 2.37. The molecule has 158 valence electrons. The Labute approximate surface area is 175 Å². The lowest BCUT2D eigenvalue weighted by atomic mass is 9.99. The number of benzene rings is 2. The smallest absolute Gasteiger partial charge is 0.262 e. The van der Waals surface area contributed by atoms with E-state index in [1.54, 1.807) is 41.3 Å². The Morgan fingerprint density at radius 1 is 1.17 bits per heavy atom. The van der Waals surface area contributed by atoms with Crippen molar-refractivity contribution in [3.05, 3.63) is 60.2 Å². The van der Waals surface area contributed by atoms with Crippen molar-refractivity contribution in [3.8, 4) is 5.75 Å². The number of ether oxygens (including phenoxy) is 2. The third kappa shape index (κ3) is 5.17. The van der Waals surface area contributed by atoms with Gasteiger partial charge in [-0.1, -0.05) is 30.3 Å². The number of hydrogen-bond donors (Lipinski definition) is 2. The average Bonchev–Trinajstić information content (AvgIpc) is 3.59. The van der Waals surface area contributed by atoms with Crippen LogP contribution in [0.5, 0.6) is 5.75 Å². The van der Waals surface area contributed by atoms with E-state index in [9.17, 15) is 14.7 Å². The maximum absolute atomic E-state index is 12.3. The van der Waals surface area contributed by atoms with E-state index < -0.39 is 12.1 Å². The SMILES string of the molecule is O=C(COc1ccccc1)Nc1ccc(C(O)C2COCC(=O)N2CC2CC2)cc1. The van der Waals surface area contributed by atoms with Crippen molar-refractivity contribution in [3.63, 3.8) is 0 Å². The maximum atomic E-state index is 12.3. The second-order valence-electron chi connectivity index (χ2n) is 7.79. The molecule has 0 aromatic heterocycles. The fourth-order valence-corrected chi connectivity index (χ4v) is 3.55. The maximum Gasteiger partial charge on any atom is 0.262 e. The predicted molar refractivity (Wildman–Crippen MR) is 111 cm³/mol. The highest BCUT2D eigenvalue weighted by molar-refractivity contribution is 5.91. The molecule has 7 nitrogen and oxygen atoms in total. The van der Waals surface area contributed by atoms with Crippen molar-refractivity contribution in [2.75, 3.05) is 31.7 Å². The van der Waals surface area contributed by atoms with Gasteiger partial charge >= 0.3 is 0 Å². The van der Waals surface area contributed by atoms with Gasteiger partial charge in [-0.05, 0) is 48.6 Å². The lowest BCUT2D eigenvalue weighted by Crippen LogP contribution is -2.52. The zero-order valence-corrected chi connectivity index (χ0v) is 16.7. The summed E-state index contributed by atoms with van der Waals surface area (Å²) in [5.41, 5.74) is 1.29. The highest BCUT2D eigenvalue weighted by atomic mass is 16.5. The molecule has 7 heteroatoms. The molecule has 2 aromatic carbocycles. The van der Waals surface area contributed by atoms with Gasteiger partial charge in [0.25, 0.3) is 5.91 Å². The summed E-state index contributed by atoms with van der Waals surface area (Å²) in [6.07, 6.45) is 1.42. The first-order chi connectivity index (χ1) is 14.6. The highest BCUT2D eigenvalue weighted by Crippen LogP contribution is 2.33. The molecule has 1 saturated heterocycles. The molecule has 0 spiro atoms. The standard InChI is InChI=1S/C23H26N2O5/c26-21(14-30-19-4-2-1-3-5-19)24-18-10-8-17(9-11-18)23(28)20-13-29-15-22(27)25(20)12-16-6-7-16/h1-5,8-11,16,20,23,28H,6-7,12-15H2,(H,24,26). The van der Waals surface area contributed by atoms with Gasteiger partial charge < -0.3 is 24.8 Å². The summed E-state index contributed by atoms with van der Waals surface area (Å²) >= 11 is 0. The van der Waals surface area contributed by atoms with Gasteiger partial charge in [0.1, 0.15) is 18.5 Å². The first-order valence-electron chi connectivity index (χ1n) is 10.2. The largest absolute Gasteiger partial charge is 0.484 e. The lowest BCUT2D eigenvalue weighted by Gasteiger charge is -2.38. The van der Waals surface area contributed by atoms with Gasteiger partial charge in [-0.3, -0.25) is 9.59 Å². The van der Waals surface area contributed by atoms with Crippen LogP contribution < -0.4 is 10.1 Å². The number of rotatable bonds is 8. The molecular formula is C23H26N2O5. The van der Waals surface area contributed by atoms with Gasteiger partial charge in [-0.25, -0.2) is 0 Å². The molecule has 2 aliphatic rings. The molecule has 1 saturated carbocycles. The van der Waals surface area contributed by atoms with Crippen molar-refractivity contribution in [2.24, 2.45) is 5.92 Å². The number of para-hydroxylation sites is 1. The van der Waals surface area contributed by atoms with E-state index in [-0.39, 0.29) is 25.0 Å². The number of amides is 2. The Hall–Kier alpha value is -2.90. The summed E-state index contributed by atoms with van der Waals surface area (Å²) < 4.78 is 10.8. The van der Waals surface area contributed by atoms with Gasteiger partial charge in [0, 0.05) is 12.2 Å². The number of carbonyl (C=O) groups excluding carboxylic acids is 2. The molecule has 2 atom stereocenters. The first kappa shape index (κ1) is 20.4. The van der Waals surface area contributed by atoms with E-state index in [1.807, 2.05) is 18.2 Å². The molecule has 30 heavy (non-hydrogen) atoms. The first-order valence-corrected chi connectivity index (χ1v) is 10.2. The molecule has 4 rings (SSSR count). The summed E-state index contributed by atoms with van der Waals surface area (Å²) in [7, 11) is 0. The quantitative estimate of drug-likeness (QED) is 0.698. The number of aliphatic hydroxyl groups is 1. The summed E-state index contributed by atoms with van der Waals surface area (Å²) in [4.78, 5) is 26.1. The Morgan fingerprint density at radius 3 is 2.60 bits per heavy atom. The number of anilines is 1. The van der Waals surface area contributed by atoms with Crippen molar-refractivity contribution < 1.29 is 24.2 Å². The summed E-state index contributed by atoms with van der Waals surface area (Å²) in [5.74, 6) is 0.831. The number of nitrogens with zero attached hydrogens (tertiary/aromatic N) is 1. The van der Waals surface area contributed by atoms with Crippen LogP contribution in [0.3, 0.4) is 0 Å². The van der Waals surface area contributed by atoms with Gasteiger partial charge in [0.05, 0.1) is 12.6 Å². The molecule has 2 unspecified atom stereocenters. The van der Waals surface area contributed by atoms with Crippen molar-refractivity contribution >= 4 is 17.5 Å². The van der Waals surface area contributed by atoms with Crippen LogP contribution in [0.2, 0.25) is 0 Å². The zero-order valence-electron chi connectivity index (χ0n) is 16.7. The Bertz CT molecular complexity index is 867. The molecule has 1 heterocycles. The van der Waals surface area contributed by atoms with Gasteiger partial charge in [-0.2, -0.15) is 0 Å². The second-order valence-corrected chi connectivity index (χ2v) is 7.79. The summed E-state index contributed by atoms with van der Waals surface area (Å²) in [5, 5.41) is 13.6. The minimum Gasteiger partial charge on any atom is -0.484 e. The van der Waals surface area contributed by atoms with E-state index >= 15 is 0 Å². The van der Waals surface area contributed by atoms with E-state index in [1.165, 1.54) is 0 Å². The summed E-state index contributed by atoms with van der Waals surface area (Å²) in [6.45, 7) is 0.979. The number of morpholine rings is 1. The zero-order chi connectivity index (χ0) is 20.9. The minimum absolute atomic E-state index is 0.0699. The monoisotopic (exact) mass is 410 g/mol. The minimum atomic E-state index is -0.848. The number of hydrogen-bond acceptors (Lipinski definition) is 5. The molecule has 2 amide bonds. The Balaban J connectivity index is 1.34. The van der Waals surface area contributed by atoms with E-state index in [4.69, 9.17) is 9.47 Å². The third-order valence-corrected chi connectivity index (χ3v) is 5.40. The normalized spacial score (nSPS) is 20.0. The Kier molecular flexibility index (Phi) is 6.30. The number of nitrogens with one attached hydrogen (secondary N) is 1. The highest BCUT2D eigenvalue weighted by Gasteiger charge is 2.37. The van der Waals surface area contributed by atoms with Crippen molar-refractivity contribution in [1.29, 1.82) is 0 Å². The fraction of sp³-hybridized carbons (Fsp3) is 0.391. The van der Waals surface area contributed by atoms with E-state index in [0.29, 0.717) is 36.1 Å². The molecule has 1 aliphatic carbocycles. The van der Waals surface area contributed by atoms with Gasteiger partial charge in [0.15, 0.2) is 6.61 Å². The van der Waals surface area contributed by atoms with Crippen LogP contribution in [-0.2, 0) is 14.3 Å². The molecule has 1 aliphatic heterocycles. The fourth-order valence-electron chi connectivity index (χ4n) is 3.55. The molecule has 2 aromatic rings. The van der Waals surface area contributed by atoms with E-state index in [0.717, 1.165) is 12.8 Å². The van der Waals surface area contributed by atoms with Crippen LogP contribution in [0.1, 0.15) is 24.5 Å². The van der Waals surface area contributed by atoms with Crippen molar-refractivity contribution in [2.45, 2.75) is 25.0 Å². The lowest BCUT2D eigenvalue weighted by molar-refractivity contribution is -0.154. The van der Waals surface area contributed by atoms with Gasteiger partial charge in [-0.15, -0.1) is 0 Å². The molecule has 0 bridgehead atoms. The number of carbonyl (C=O) groups is 2. The van der Waals surface area contributed by atoms with Crippen LogP contribution in [-0.4, -0.2) is 54.2 Å². The van der Waals surface area contributed by atoms with E-state index in [2.05, 4.69) is 5.32 Å². The van der Waals surface area contributed by atoms with Crippen LogP contribution in [0.15, 0.2) is 54.6 Å². The third-order valence-electron chi connectivity index (χ3n) is 5.40. The topological polar surface area (TPSA) is 88.1 Å². The second kappa shape index (κ2) is 9.28. The molecule has 2 N–H and O–H groups in total.